The van der Waals surface area contributed by atoms with Gasteiger partial charge in [0, 0.05) is 19.3 Å². The van der Waals surface area contributed by atoms with Gasteiger partial charge in [0.1, 0.15) is 11.6 Å². The van der Waals surface area contributed by atoms with E-state index in [2.05, 4.69) is 15.3 Å². The Kier molecular flexibility index (Phi) is 6.69. The highest BCUT2D eigenvalue weighted by Crippen LogP contribution is 2.14. The third-order valence-electron chi connectivity index (χ3n) is 4.47. The number of aromatic amines is 1. The number of anilines is 1. The molecule has 0 aliphatic heterocycles. The molecule has 3 rings (SSSR count). The summed E-state index contributed by atoms with van der Waals surface area (Å²) in [5.74, 6) is -0.219. The fourth-order valence-electron chi connectivity index (χ4n) is 2.93. The van der Waals surface area contributed by atoms with Gasteiger partial charge in [-0.2, -0.15) is 0 Å². The van der Waals surface area contributed by atoms with Gasteiger partial charge in [0.2, 0.25) is 5.91 Å². The summed E-state index contributed by atoms with van der Waals surface area (Å²) in [5, 5.41) is 3.20. The van der Waals surface area contributed by atoms with Crippen molar-refractivity contribution in [1.82, 2.24) is 14.9 Å². The summed E-state index contributed by atoms with van der Waals surface area (Å²) >= 11 is 0. The van der Waals surface area contributed by atoms with Crippen molar-refractivity contribution in [2.45, 2.75) is 13.5 Å². The Balaban J connectivity index is 1.73. The van der Waals surface area contributed by atoms with Gasteiger partial charge in [-0.1, -0.05) is 18.2 Å². The Hall–Kier alpha value is -3.10. The topological polar surface area (TPSA) is 87.3 Å². The predicted octanol–water partition coefficient (Wildman–Crippen LogP) is 2.46. The van der Waals surface area contributed by atoms with Crippen LogP contribution in [0.4, 0.5) is 10.1 Å². The fraction of sp³-hybridized carbons (Fsp3) is 0.286. The second-order valence-corrected chi connectivity index (χ2v) is 6.75. The maximum Gasteiger partial charge on any atom is 0.258 e. The second-order valence-electron chi connectivity index (χ2n) is 6.75. The van der Waals surface area contributed by atoms with Gasteiger partial charge in [-0.05, 0) is 36.8 Å². The van der Waals surface area contributed by atoms with Gasteiger partial charge in [0.15, 0.2) is 0 Å². The number of rotatable bonds is 8. The van der Waals surface area contributed by atoms with E-state index in [0.29, 0.717) is 41.1 Å². The number of aromatic nitrogens is 2. The first kappa shape index (κ1) is 20.6. The van der Waals surface area contributed by atoms with Gasteiger partial charge in [0.05, 0.1) is 30.6 Å². The van der Waals surface area contributed by atoms with Crippen molar-refractivity contribution in [2.24, 2.45) is 0 Å². The molecule has 0 aliphatic carbocycles. The number of nitrogens with one attached hydrogen (secondary N) is 2. The van der Waals surface area contributed by atoms with Crippen LogP contribution in [-0.2, 0) is 16.1 Å². The SMILES string of the molecule is COCCN(CC(=O)Nc1ccc(C)c(F)c1)Cc1nc2ccccc2c(=O)[nH]1. The molecule has 2 aromatic carbocycles. The predicted molar refractivity (Wildman–Crippen MR) is 109 cm³/mol. The molecule has 0 bridgehead atoms. The van der Waals surface area contributed by atoms with E-state index in [1.165, 1.54) is 6.07 Å². The Bertz CT molecular complexity index is 1070. The van der Waals surface area contributed by atoms with Crippen LogP contribution in [0.1, 0.15) is 11.4 Å². The van der Waals surface area contributed by atoms with E-state index in [-0.39, 0.29) is 30.4 Å². The number of carbonyl (C=O) groups excluding carboxylic acids is 1. The zero-order valence-electron chi connectivity index (χ0n) is 16.4. The lowest BCUT2D eigenvalue weighted by atomic mass is 10.2. The lowest BCUT2D eigenvalue weighted by Crippen LogP contribution is -2.36. The zero-order chi connectivity index (χ0) is 20.8. The number of carbonyl (C=O) groups is 1. The zero-order valence-corrected chi connectivity index (χ0v) is 16.4. The average Bonchev–Trinajstić information content (AvgIpc) is 2.69. The number of H-pyrrole nitrogens is 1. The molecular weight excluding hydrogens is 375 g/mol. The third-order valence-corrected chi connectivity index (χ3v) is 4.47. The smallest absolute Gasteiger partial charge is 0.258 e. The average molecular weight is 398 g/mol. The van der Waals surface area contributed by atoms with Crippen LogP contribution in [0.15, 0.2) is 47.3 Å². The molecule has 1 aromatic heterocycles. The first-order valence-corrected chi connectivity index (χ1v) is 9.21. The minimum atomic E-state index is -0.378. The van der Waals surface area contributed by atoms with Gasteiger partial charge in [-0.3, -0.25) is 14.5 Å². The number of para-hydroxylation sites is 1. The molecule has 3 aromatic rings. The first-order valence-electron chi connectivity index (χ1n) is 9.21. The number of fused-ring (bicyclic) bond motifs is 1. The Labute approximate surface area is 167 Å². The highest BCUT2D eigenvalue weighted by molar-refractivity contribution is 5.92. The van der Waals surface area contributed by atoms with Crippen LogP contribution in [0.3, 0.4) is 0 Å². The molecule has 8 heteroatoms. The molecule has 0 fully saturated rings. The number of amides is 1. The van der Waals surface area contributed by atoms with Crippen molar-refractivity contribution in [1.29, 1.82) is 0 Å². The molecule has 0 atom stereocenters. The van der Waals surface area contributed by atoms with Crippen molar-refractivity contribution in [3.05, 3.63) is 70.0 Å². The maximum atomic E-state index is 13.7. The third kappa shape index (κ3) is 5.46. The molecule has 7 nitrogen and oxygen atoms in total. The molecule has 1 amide bonds. The fourth-order valence-corrected chi connectivity index (χ4v) is 2.93. The second kappa shape index (κ2) is 9.40. The number of aryl methyl sites for hydroxylation is 1. The monoisotopic (exact) mass is 398 g/mol. The summed E-state index contributed by atoms with van der Waals surface area (Å²) in [6, 6.07) is 11.6. The van der Waals surface area contributed by atoms with Crippen LogP contribution in [-0.4, -0.2) is 47.6 Å². The van der Waals surface area contributed by atoms with Crippen molar-refractivity contribution in [2.75, 3.05) is 32.1 Å². The lowest BCUT2D eigenvalue weighted by Gasteiger charge is -2.21. The summed E-state index contributed by atoms with van der Waals surface area (Å²) in [6.07, 6.45) is 0. The number of benzene rings is 2. The summed E-state index contributed by atoms with van der Waals surface area (Å²) in [7, 11) is 1.57. The summed E-state index contributed by atoms with van der Waals surface area (Å²) in [5.41, 5.74) is 1.27. The molecule has 2 N–H and O–H groups in total. The van der Waals surface area contributed by atoms with E-state index >= 15 is 0 Å². The molecule has 0 saturated heterocycles. The number of hydrogen-bond acceptors (Lipinski definition) is 5. The molecular formula is C21H23FN4O3. The highest BCUT2D eigenvalue weighted by Gasteiger charge is 2.14. The number of nitrogens with zero attached hydrogens (tertiary/aromatic N) is 2. The van der Waals surface area contributed by atoms with Crippen LogP contribution in [0.25, 0.3) is 10.9 Å². The Morgan fingerprint density at radius 3 is 2.83 bits per heavy atom. The van der Waals surface area contributed by atoms with E-state index in [1.807, 2.05) is 6.07 Å². The minimum absolute atomic E-state index is 0.0371. The number of halogens is 1. The normalized spacial score (nSPS) is 11.2. The van der Waals surface area contributed by atoms with Gasteiger partial charge in [-0.15, -0.1) is 0 Å². The Morgan fingerprint density at radius 2 is 2.07 bits per heavy atom. The standard InChI is InChI=1S/C21H23FN4O3/c1-14-7-8-15(11-17(14)22)23-20(27)13-26(9-10-29-2)12-19-24-18-6-4-3-5-16(18)21(28)25-19/h3-8,11H,9-10,12-13H2,1-2H3,(H,23,27)(H,24,25,28). The molecule has 0 aliphatic rings. The van der Waals surface area contributed by atoms with E-state index in [9.17, 15) is 14.0 Å². The molecule has 29 heavy (non-hydrogen) atoms. The van der Waals surface area contributed by atoms with Crippen LogP contribution in [0.2, 0.25) is 0 Å². The molecule has 1 heterocycles. The van der Waals surface area contributed by atoms with E-state index in [0.717, 1.165) is 0 Å². The molecule has 0 spiro atoms. The minimum Gasteiger partial charge on any atom is -0.383 e. The Morgan fingerprint density at radius 1 is 1.28 bits per heavy atom. The maximum absolute atomic E-state index is 13.7. The summed E-state index contributed by atoms with van der Waals surface area (Å²) in [6.45, 7) is 2.83. The van der Waals surface area contributed by atoms with Crippen molar-refractivity contribution in [3.8, 4) is 0 Å². The highest BCUT2D eigenvalue weighted by atomic mass is 19.1. The van der Waals surface area contributed by atoms with E-state index in [4.69, 9.17) is 4.74 Å². The lowest BCUT2D eigenvalue weighted by molar-refractivity contribution is -0.117. The van der Waals surface area contributed by atoms with Crippen molar-refractivity contribution < 1.29 is 13.9 Å². The molecule has 0 unspecified atom stereocenters. The van der Waals surface area contributed by atoms with Crippen LogP contribution in [0, 0.1) is 12.7 Å². The number of ether oxygens (including phenoxy) is 1. The van der Waals surface area contributed by atoms with Gasteiger partial charge in [-0.25, -0.2) is 9.37 Å². The van der Waals surface area contributed by atoms with E-state index < -0.39 is 0 Å². The van der Waals surface area contributed by atoms with Crippen LogP contribution >= 0.6 is 0 Å². The molecule has 0 saturated carbocycles. The largest absolute Gasteiger partial charge is 0.383 e. The summed E-state index contributed by atoms with van der Waals surface area (Å²) in [4.78, 5) is 33.8. The van der Waals surface area contributed by atoms with Crippen molar-refractivity contribution >= 4 is 22.5 Å². The molecule has 0 radical (unpaired) electrons. The van der Waals surface area contributed by atoms with Gasteiger partial charge >= 0.3 is 0 Å². The first-order chi connectivity index (χ1) is 14.0. The van der Waals surface area contributed by atoms with Crippen LogP contribution < -0.4 is 10.9 Å². The van der Waals surface area contributed by atoms with Crippen molar-refractivity contribution in [3.63, 3.8) is 0 Å². The quantitative estimate of drug-likeness (QED) is 0.609. The number of hydrogen-bond donors (Lipinski definition) is 2. The van der Waals surface area contributed by atoms with Crippen LogP contribution in [0.5, 0.6) is 0 Å². The molecule has 152 valence electrons. The summed E-state index contributed by atoms with van der Waals surface area (Å²) < 4.78 is 18.8. The van der Waals surface area contributed by atoms with E-state index in [1.54, 1.807) is 49.3 Å². The number of methoxy groups -OCH3 is 1. The van der Waals surface area contributed by atoms with Gasteiger partial charge < -0.3 is 15.0 Å². The van der Waals surface area contributed by atoms with Gasteiger partial charge in [0.25, 0.3) is 5.56 Å².